The van der Waals surface area contributed by atoms with Crippen LogP contribution in [0, 0.1) is 5.92 Å². The lowest BCUT2D eigenvalue weighted by molar-refractivity contribution is -0.143. The van der Waals surface area contributed by atoms with E-state index in [0.717, 1.165) is 12.1 Å². The fraction of sp³-hybridized carbons (Fsp3) is 0.571. The van der Waals surface area contributed by atoms with E-state index < -0.39 is 23.5 Å². The summed E-state index contributed by atoms with van der Waals surface area (Å²) in [6.07, 6.45) is -9.09. The van der Waals surface area contributed by atoms with Gasteiger partial charge in [0.25, 0.3) is 0 Å². The summed E-state index contributed by atoms with van der Waals surface area (Å²) in [6, 6.07) is 1.95. The highest BCUT2D eigenvalue weighted by atomic mass is 35.5. The minimum absolute atomic E-state index is 0. The van der Waals surface area contributed by atoms with Crippen LogP contribution in [0.1, 0.15) is 36.0 Å². The van der Waals surface area contributed by atoms with Crippen LogP contribution in [0.5, 0.6) is 0 Å². The standard InChI is InChI=1S/C14H15F6N.ClH/c1-8-7-21-5-4-10(8)11-3-2-9(13(15,16)17)6-12(11)14(18,19)20;/h2-3,6,8,10,21H,4-5,7H2,1H3;1H/t8-,10+;/m1./s1. The Labute approximate surface area is 130 Å². The Balaban J connectivity index is 0.00000242. The summed E-state index contributed by atoms with van der Waals surface area (Å²) in [7, 11) is 0. The third-order valence-electron chi connectivity index (χ3n) is 3.87. The summed E-state index contributed by atoms with van der Waals surface area (Å²) in [5.74, 6) is -0.443. The molecule has 0 unspecified atom stereocenters. The maximum absolute atomic E-state index is 13.1. The SMILES string of the molecule is C[C@@H]1CNCC[C@@H]1c1ccc(C(F)(F)F)cc1C(F)(F)F.Cl. The zero-order valence-corrected chi connectivity index (χ0v) is 12.5. The van der Waals surface area contributed by atoms with Gasteiger partial charge in [-0.2, -0.15) is 26.3 Å². The van der Waals surface area contributed by atoms with Gasteiger partial charge in [0, 0.05) is 0 Å². The van der Waals surface area contributed by atoms with Crippen LogP contribution in [0.2, 0.25) is 0 Å². The van der Waals surface area contributed by atoms with Crippen molar-refractivity contribution in [2.45, 2.75) is 31.6 Å². The van der Waals surface area contributed by atoms with Gasteiger partial charge < -0.3 is 5.32 Å². The van der Waals surface area contributed by atoms with Crippen molar-refractivity contribution in [3.8, 4) is 0 Å². The van der Waals surface area contributed by atoms with Gasteiger partial charge in [0.2, 0.25) is 0 Å². The van der Waals surface area contributed by atoms with Crippen molar-refractivity contribution in [3.05, 3.63) is 34.9 Å². The number of piperidine rings is 1. The lowest BCUT2D eigenvalue weighted by Gasteiger charge is -2.32. The maximum atomic E-state index is 13.1. The molecule has 126 valence electrons. The third kappa shape index (κ3) is 4.07. The summed E-state index contributed by atoms with van der Waals surface area (Å²) in [5, 5.41) is 3.07. The monoisotopic (exact) mass is 347 g/mol. The van der Waals surface area contributed by atoms with Gasteiger partial charge in [-0.15, -0.1) is 12.4 Å². The minimum atomic E-state index is -4.79. The molecule has 0 spiro atoms. The van der Waals surface area contributed by atoms with E-state index in [4.69, 9.17) is 0 Å². The Morgan fingerprint density at radius 1 is 1.05 bits per heavy atom. The van der Waals surface area contributed by atoms with Crippen LogP contribution in [0.4, 0.5) is 26.3 Å². The van der Waals surface area contributed by atoms with Crippen LogP contribution < -0.4 is 5.32 Å². The topological polar surface area (TPSA) is 12.0 Å². The zero-order valence-electron chi connectivity index (χ0n) is 11.7. The first-order chi connectivity index (χ1) is 9.60. The quantitative estimate of drug-likeness (QED) is 0.715. The zero-order chi connectivity index (χ0) is 15.8. The predicted molar refractivity (Wildman–Crippen MR) is 73.1 cm³/mol. The average Bonchev–Trinajstić information content (AvgIpc) is 2.36. The molecular weight excluding hydrogens is 332 g/mol. The van der Waals surface area contributed by atoms with Crippen molar-refractivity contribution in [2.24, 2.45) is 5.92 Å². The van der Waals surface area contributed by atoms with Crippen LogP contribution in [-0.4, -0.2) is 13.1 Å². The van der Waals surface area contributed by atoms with Gasteiger partial charge in [0.05, 0.1) is 11.1 Å². The second-order valence-corrected chi connectivity index (χ2v) is 5.37. The molecule has 0 amide bonds. The number of benzene rings is 1. The van der Waals surface area contributed by atoms with Crippen LogP contribution in [-0.2, 0) is 12.4 Å². The Hall–Kier alpha value is -0.950. The van der Waals surface area contributed by atoms with Crippen molar-refractivity contribution in [2.75, 3.05) is 13.1 Å². The lowest BCUT2D eigenvalue weighted by atomic mass is 9.80. The summed E-state index contributed by atoms with van der Waals surface area (Å²) < 4.78 is 77.2. The van der Waals surface area contributed by atoms with E-state index in [1.54, 1.807) is 6.92 Å². The van der Waals surface area contributed by atoms with Gasteiger partial charge in [0.1, 0.15) is 0 Å². The Morgan fingerprint density at radius 2 is 1.68 bits per heavy atom. The van der Waals surface area contributed by atoms with Gasteiger partial charge in [-0.25, -0.2) is 0 Å². The van der Waals surface area contributed by atoms with Gasteiger partial charge in [0.15, 0.2) is 0 Å². The second-order valence-electron chi connectivity index (χ2n) is 5.37. The molecule has 1 N–H and O–H groups in total. The fourth-order valence-corrected chi connectivity index (χ4v) is 2.78. The molecule has 1 saturated heterocycles. The summed E-state index contributed by atoms with van der Waals surface area (Å²) in [5.41, 5.74) is -2.47. The molecular formula is C14H16ClF6N. The first-order valence-electron chi connectivity index (χ1n) is 6.59. The van der Waals surface area contributed by atoms with Crippen molar-refractivity contribution in [1.82, 2.24) is 5.32 Å². The molecule has 0 aromatic heterocycles. The van der Waals surface area contributed by atoms with E-state index >= 15 is 0 Å². The van der Waals surface area contributed by atoms with Crippen molar-refractivity contribution in [1.29, 1.82) is 0 Å². The minimum Gasteiger partial charge on any atom is -0.316 e. The molecule has 0 aliphatic carbocycles. The Morgan fingerprint density at radius 3 is 2.18 bits per heavy atom. The summed E-state index contributed by atoms with van der Waals surface area (Å²) in [6.45, 7) is 2.92. The number of alkyl halides is 6. The highest BCUT2D eigenvalue weighted by Gasteiger charge is 2.40. The highest BCUT2D eigenvalue weighted by Crippen LogP contribution is 2.42. The number of nitrogens with one attached hydrogen (secondary N) is 1. The van der Waals surface area contributed by atoms with Gasteiger partial charge in [-0.05, 0) is 49.0 Å². The first kappa shape index (κ1) is 19.1. The van der Waals surface area contributed by atoms with E-state index in [-0.39, 0.29) is 35.9 Å². The van der Waals surface area contributed by atoms with Crippen LogP contribution in [0.3, 0.4) is 0 Å². The van der Waals surface area contributed by atoms with E-state index in [1.165, 1.54) is 0 Å². The molecule has 1 heterocycles. The van der Waals surface area contributed by atoms with E-state index in [1.807, 2.05) is 0 Å². The van der Waals surface area contributed by atoms with E-state index in [2.05, 4.69) is 5.32 Å². The second kappa shape index (κ2) is 6.66. The molecule has 1 aromatic carbocycles. The van der Waals surface area contributed by atoms with Crippen LogP contribution in [0.15, 0.2) is 18.2 Å². The molecule has 0 bridgehead atoms. The first-order valence-corrected chi connectivity index (χ1v) is 6.59. The average molecular weight is 348 g/mol. The molecule has 2 rings (SSSR count). The Bertz CT molecular complexity index is 511. The number of halogens is 7. The molecule has 0 saturated carbocycles. The van der Waals surface area contributed by atoms with E-state index in [9.17, 15) is 26.3 Å². The Kier molecular flexibility index (Phi) is 5.78. The lowest BCUT2D eigenvalue weighted by Crippen LogP contribution is -2.34. The van der Waals surface area contributed by atoms with Crippen molar-refractivity contribution < 1.29 is 26.3 Å². The summed E-state index contributed by atoms with van der Waals surface area (Å²) >= 11 is 0. The molecule has 2 atom stereocenters. The molecule has 1 fully saturated rings. The fourth-order valence-electron chi connectivity index (χ4n) is 2.78. The predicted octanol–water partition coefficient (Wildman–Crippen LogP) is 4.86. The van der Waals surface area contributed by atoms with Gasteiger partial charge in [-0.3, -0.25) is 0 Å². The molecule has 22 heavy (non-hydrogen) atoms. The smallest absolute Gasteiger partial charge is 0.316 e. The maximum Gasteiger partial charge on any atom is 0.416 e. The molecule has 1 aromatic rings. The van der Waals surface area contributed by atoms with Crippen LogP contribution >= 0.6 is 12.4 Å². The number of rotatable bonds is 1. The molecule has 0 radical (unpaired) electrons. The van der Waals surface area contributed by atoms with Crippen LogP contribution in [0.25, 0.3) is 0 Å². The number of hydrogen-bond donors (Lipinski definition) is 1. The summed E-state index contributed by atoms with van der Waals surface area (Å²) in [4.78, 5) is 0. The molecule has 8 heteroatoms. The largest absolute Gasteiger partial charge is 0.416 e. The van der Waals surface area contributed by atoms with E-state index in [0.29, 0.717) is 19.5 Å². The van der Waals surface area contributed by atoms with Gasteiger partial charge >= 0.3 is 12.4 Å². The molecule has 1 aliphatic heterocycles. The molecule has 1 nitrogen and oxygen atoms in total. The van der Waals surface area contributed by atoms with Crippen molar-refractivity contribution >= 4 is 12.4 Å². The number of hydrogen-bond acceptors (Lipinski definition) is 1. The third-order valence-corrected chi connectivity index (χ3v) is 3.87. The van der Waals surface area contributed by atoms with Crippen molar-refractivity contribution in [3.63, 3.8) is 0 Å². The highest BCUT2D eigenvalue weighted by molar-refractivity contribution is 5.85. The molecule has 1 aliphatic rings. The normalized spacial score (nSPS) is 23.0. The van der Waals surface area contributed by atoms with Gasteiger partial charge in [-0.1, -0.05) is 13.0 Å².